The van der Waals surface area contributed by atoms with Crippen LogP contribution in [0.5, 0.6) is 0 Å². The molecule has 1 rings (SSSR count). The van der Waals surface area contributed by atoms with E-state index in [0.29, 0.717) is 13.2 Å². The summed E-state index contributed by atoms with van der Waals surface area (Å²) in [5.41, 5.74) is 4.74. The van der Waals surface area contributed by atoms with E-state index in [1.54, 1.807) is 0 Å². The van der Waals surface area contributed by atoms with Gasteiger partial charge in [0.2, 0.25) is 0 Å². The Hall–Kier alpha value is -1.64. The molecule has 1 aromatic carbocycles. The van der Waals surface area contributed by atoms with Crippen molar-refractivity contribution in [2.45, 2.75) is 59.2 Å². The standard InChI is InChI=1S/C22H32O2/c1-18(2)22(23)14-13-19(3)9-8-10-20(4)15-16-24-17-21-11-6-5-7-12-21/h5-7,9,11-12,15,22-23H,1,8,10,13-14,16-17H2,2-4H3/b19-9+,20-15+/t22-/m0/s1. The van der Waals surface area contributed by atoms with Crippen molar-refractivity contribution in [1.82, 2.24) is 0 Å². The maximum Gasteiger partial charge on any atom is 0.0747 e. The monoisotopic (exact) mass is 328 g/mol. The van der Waals surface area contributed by atoms with Crippen molar-refractivity contribution in [2.24, 2.45) is 0 Å². The zero-order valence-corrected chi connectivity index (χ0v) is 15.4. The van der Waals surface area contributed by atoms with Crippen molar-refractivity contribution in [3.8, 4) is 0 Å². The highest BCUT2D eigenvalue weighted by Crippen LogP contribution is 2.14. The van der Waals surface area contributed by atoms with E-state index in [1.165, 1.54) is 16.7 Å². The molecule has 0 aromatic heterocycles. The van der Waals surface area contributed by atoms with Crippen LogP contribution < -0.4 is 0 Å². The van der Waals surface area contributed by atoms with Gasteiger partial charge in [0.25, 0.3) is 0 Å². The van der Waals surface area contributed by atoms with Gasteiger partial charge in [0.05, 0.1) is 19.3 Å². The van der Waals surface area contributed by atoms with Crippen LogP contribution in [0.3, 0.4) is 0 Å². The average molecular weight is 328 g/mol. The lowest BCUT2D eigenvalue weighted by Crippen LogP contribution is -2.06. The second-order valence-electron chi connectivity index (χ2n) is 6.54. The van der Waals surface area contributed by atoms with E-state index in [0.717, 1.165) is 31.3 Å². The van der Waals surface area contributed by atoms with Crippen LogP contribution >= 0.6 is 0 Å². The van der Waals surface area contributed by atoms with Crippen LogP contribution in [0.2, 0.25) is 0 Å². The molecule has 0 saturated carbocycles. The fourth-order valence-corrected chi connectivity index (χ4v) is 2.31. The Balaban J connectivity index is 2.18. The first-order chi connectivity index (χ1) is 11.5. The smallest absolute Gasteiger partial charge is 0.0747 e. The van der Waals surface area contributed by atoms with E-state index in [2.05, 4.69) is 44.7 Å². The number of rotatable bonds is 11. The molecular formula is C22H32O2. The van der Waals surface area contributed by atoms with Crippen molar-refractivity contribution in [3.63, 3.8) is 0 Å². The van der Waals surface area contributed by atoms with Gasteiger partial charge in [-0.1, -0.05) is 65.8 Å². The fraction of sp³-hybridized carbons (Fsp3) is 0.455. The molecule has 2 heteroatoms. The maximum absolute atomic E-state index is 9.74. The lowest BCUT2D eigenvalue weighted by atomic mass is 10.0. The quantitative estimate of drug-likeness (QED) is 0.423. The van der Waals surface area contributed by atoms with Crippen LogP contribution in [-0.2, 0) is 11.3 Å². The second kappa shape index (κ2) is 11.8. The molecule has 1 atom stereocenters. The third kappa shape index (κ3) is 9.49. The summed E-state index contributed by atoms with van der Waals surface area (Å²) >= 11 is 0. The van der Waals surface area contributed by atoms with E-state index < -0.39 is 0 Å². The molecule has 2 nitrogen and oxygen atoms in total. The van der Waals surface area contributed by atoms with Gasteiger partial charge in [0.1, 0.15) is 0 Å². The molecule has 0 fully saturated rings. The van der Waals surface area contributed by atoms with Crippen molar-refractivity contribution in [3.05, 3.63) is 71.3 Å². The minimum Gasteiger partial charge on any atom is -0.389 e. The molecule has 0 aliphatic rings. The van der Waals surface area contributed by atoms with Crippen LogP contribution in [-0.4, -0.2) is 17.8 Å². The highest BCUT2D eigenvalue weighted by molar-refractivity contribution is 5.13. The van der Waals surface area contributed by atoms with Crippen molar-refractivity contribution >= 4 is 0 Å². The summed E-state index contributed by atoms with van der Waals surface area (Å²) in [5, 5.41) is 9.74. The number of hydrogen-bond donors (Lipinski definition) is 1. The summed E-state index contributed by atoms with van der Waals surface area (Å²) < 4.78 is 5.68. The van der Waals surface area contributed by atoms with Gasteiger partial charge >= 0.3 is 0 Å². The molecule has 24 heavy (non-hydrogen) atoms. The molecule has 1 N–H and O–H groups in total. The van der Waals surface area contributed by atoms with Crippen LogP contribution in [0.4, 0.5) is 0 Å². The van der Waals surface area contributed by atoms with Crippen LogP contribution in [0.25, 0.3) is 0 Å². The van der Waals surface area contributed by atoms with Gasteiger partial charge in [-0.25, -0.2) is 0 Å². The number of allylic oxidation sites excluding steroid dienone is 3. The second-order valence-corrected chi connectivity index (χ2v) is 6.54. The molecule has 0 aliphatic heterocycles. The molecule has 132 valence electrons. The molecule has 0 spiro atoms. The van der Waals surface area contributed by atoms with E-state index in [1.807, 2.05) is 25.1 Å². The lowest BCUT2D eigenvalue weighted by Gasteiger charge is -2.10. The largest absolute Gasteiger partial charge is 0.389 e. The first-order valence-electron chi connectivity index (χ1n) is 8.75. The lowest BCUT2D eigenvalue weighted by molar-refractivity contribution is 0.148. The SMILES string of the molecule is C=C(C)[C@@H](O)CC/C(C)=C/CC/C(C)=C/COCc1ccccc1. The Labute approximate surface area is 147 Å². The third-order valence-electron chi connectivity index (χ3n) is 4.07. The van der Waals surface area contributed by atoms with E-state index in [-0.39, 0.29) is 6.10 Å². The van der Waals surface area contributed by atoms with Gasteiger partial charge in [0.15, 0.2) is 0 Å². The van der Waals surface area contributed by atoms with Gasteiger partial charge in [0, 0.05) is 0 Å². The summed E-state index contributed by atoms with van der Waals surface area (Å²) in [6.45, 7) is 11.3. The maximum atomic E-state index is 9.74. The van der Waals surface area contributed by atoms with Gasteiger partial charge in [-0.05, 0) is 52.0 Å². The van der Waals surface area contributed by atoms with Crippen LogP contribution in [0, 0.1) is 0 Å². The van der Waals surface area contributed by atoms with Crippen molar-refractivity contribution in [2.75, 3.05) is 6.61 Å². The van der Waals surface area contributed by atoms with E-state index in [4.69, 9.17) is 4.74 Å². The molecule has 1 aromatic rings. The van der Waals surface area contributed by atoms with Crippen LogP contribution in [0.1, 0.15) is 52.0 Å². The Morgan fingerprint density at radius 1 is 1.08 bits per heavy atom. The molecule has 0 saturated heterocycles. The Bertz CT molecular complexity index is 540. The van der Waals surface area contributed by atoms with E-state index >= 15 is 0 Å². The Morgan fingerprint density at radius 3 is 2.42 bits per heavy atom. The Morgan fingerprint density at radius 2 is 1.75 bits per heavy atom. The number of aliphatic hydroxyl groups is 1. The molecule has 0 bridgehead atoms. The first kappa shape index (κ1) is 20.4. The molecule has 0 radical (unpaired) electrons. The summed E-state index contributed by atoms with van der Waals surface area (Å²) in [5.74, 6) is 0. The molecule has 0 heterocycles. The minimum absolute atomic E-state index is 0.378. The number of hydrogen-bond acceptors (Lipinski definition) is 2. The van der Waals surface area contributed by atoms with E-state index in [9.17, 15) is 5.11 Å². The summed E-state index contributed by atoms with van der Waals surface area (Å²) in [6.07, 6.45) is 7.84. The van der Waals surface area contributed by atoms with Gasteiger partial charge < -0.3 is 9.84 Å². The fourth-order valence-electron chi connectivity index (χ4n) is 2.31. The normalized spacial score (nSPS) is 13.8. The van der Waals surface area contributed by atoms with Crippen molar-refractivity contribution < 1.29 is 9.84 Å². The van der Waals surface area contributed by atoms with Gasteiger partial charge in [-0.15, -0.1) is 0 Å². The predicted octanol–water partition coefficient (Wildman–Crippen LogP) is 5.59. The summed E-state index contributed by atoms with van der Waals surface area (Å²) in [4.78, 5) is 0. The number of aliphatic hydroxyl groups excluding tert-OH is 1. The zero-order valence-electron chi connectivity index (χ0n) is 15.4. The summed E-state index contributed by atoms with van der Waals surface area (Å²) in [6, 6.07) is 10.2. The molecule has 0 unspecified atom stereocenters. The Kier molecular flexibility index (Phi) is 10.1. The number of ether oxygens (including phenoxy) is 1. The van der Waals surface area contributed by atoms with Gasteiger partial charge in [-0.3, -0.25) is 0 Å². The first-order valence-corrected chi connectivity index (χ1v) is 8.75. The predicted molar refractivity (Wildman–Crippen MR) is 103 cm³/mol. The molecule has 0 aliphatic carbocycles. The zero-order chi connectivity index (χ0) is 17.8. The van der Waals surface area contributed by atoms with Crippen molar-refractivity contribution in [1.29, 1.82) is 0 Å². The molecular weight excluding hydrogens is 296 g/mol. The number of benzene rings is 1. The topological polar surface area (TPSA) is 29.5 Å². The third-order valence-corrected chi connectivity index (χ3v) is 4.07. The average Bonchev–Trinajstić information content (AvgIpc) is 2.57. The molecule has 0 amide bonds. The van der Waals surface area contributed by atoms with Crippen LogP contribution in [0.15, 0.2) is 65.8 Å². The minimum atomic E-state index is -0.378. The van der Waals surface area contributed by atoms with Gasteiger partial charge in [-0.2, -0.15) is 0 Å². The highest BCUT2D eigenvalue weighted by atomic mass is 16.5. The summed E-state index contributed by atoms with van der Waals surface area (Å²) in [7, 11) is 0. The highest BCUT2D eigenvalue weighted by Gasteiger charge is 2.04.